The number of hydrogen-bond acceptors (Lipinski definition) is 7. The third-order valence-electron chi connectivity index (χ3n) is 5.59. The number of carboxylic acid groups (broad SMARTS) is 2. The Labute approximate surface area is 268 Å². The van der Waals surface area contributed by atoms with E-state index in [1.54, 1.807) is 30.3 Å². The molecule has 10 N–H and O–H groups in total. The number of carboxylic acids is 2. The molecule has 0 saturated heterocycles. The molecule has 0 aliphatic heterocycles. The lowest BCUT2D eigenvalue weighted by Gasteiger charge is -2.19. The zero-order valence-electron chi connectivity index (χ0n) is 24.3. The van der Waals surface area contributed by atoms with Crippen LogP contribution in [0.25, 0.3) is 0 Å². The van der Waals surface area contributed by atoms with Crippen LogP contribution in [-0.4, -0.2) is 56.3 Å². The number of hydrogen-bond donors (Lipinski definition) is 6. The third kappa shape index (κ3) is 14.3. The molecule has 0 unspecified atom stereocenters. The summed E-state index contributed by atoms with van der Waals surface area (Å²) in [6.45, 7) is 0.199. The molecule has 0 heterocycles. The van der Waals surface area contributed by atoms with E-state index in [1.165, 1.54) is 18.2 Å². The van der Waals surface area contributed by atoms with Crippen LogP contribution in [0.4, 0.5) is 26.3 Å². The van der Waals surface area contributed by atoms with E-state index in [0.717, 1.165) is 11.1 Å². The summed E-state index contributed by atoms with van der Waals surface area (Å²) in [6, 6.07) is 21.0. The number of carbonyl (C=O) groups excluding carboxylic acids is 3. The second-order valence-corrected chi connectivity index (χ2v) is 11.0. The van der Waals surface area contributed by atoms with Crippen molar-refractivity contribution in [1.82, 2.24) is 10.0 Å². The first-order chi connectivity index (χ1) is 22.0. The maximum absolute atomic E-state index is 13.1. The van der Waals surface area contributed by atoms with Crippen molar-refractivity contribution in [3.63, 3.8) is 0 Å². The van der Waals surface area contributed by atoms with Crippen LogP contribution in [0.2, 0.25) is 0 Å². The molecule has 0 radical (unpaired) electrons. The minimum absolute atomic E-state index is 0.00404. The number of alkyl halides is 6. The van der Waals surface area contributed by atoms with Crippen molar-refractivity contribution < 1.29 is 70.2 Å². The molecule has 0 fully saturated rings. The number of aliphatic carboxylic acids is 2. The molecule has 0 saturated carbocycles. The van der Waals surface area contributed by atoms with Crippen LogP contribution in [-0.2, 0) is 37.4 Å². The Morgan fingerprint density at radius 3 is 1.65 bits per heavy atom. The van der Waals surface area contributed by atoms with Gasteiger partial charge in [0.2, 0.25) is 15.9 Å². The molecule has 20 heteroatoms. The number of amides is 1. The van der Waals surface area contributed by atoms with Gasteiger partial charge in [0.25, 0.3) is 11.7 Å². The lowest BCUT2D eigenvalue weighted by Crippen LogP contribution is -2.48. The van der Waals surface area contributed by atoms with E-state index in [9.17, 15) is 39.6 Å². The van der Waals surface area contributed by atoms with Gasteiger partial charge in [0.1, 0.15) is 18.0 Å². The number of halogens is 6. The number of nitrogens with one attached hydrogen (secondary N) is 2. The van der Waals surface area contributed by atoms with Gasteiger partial charge in [0.15, 0.2) is 0 Å². The van der Waals surface area contributed by atoms with E-state index in [4.69, 9.17) is 42.1 Å². The van der Waals surface area contributed by atoms with Crippen molar-refractivity contribution in [1.29, 1.82) is 0 Å². The van der Waals surface area contributed by atoms with Gasteiger partial charge in [-0.05, 0) is 47.9 Å². The molecular weight excluding hydrogens is 678 g/mol. The zero-order chi connectivity index (χ0) is 36.9. The number of carbonyl (C=O) groups is 3. The van der Waals surface area contributed by atoms with Crippen molar-refractivity contribution in [3.05, 3.63) is 101 Å². The van der Waals surface area contributed by atoms with Crippen LogP contribution in [0.3, 0.4) is 0 Å². The van der Waals surface area contributed by atoms with E-state index in [1.807, 2.05) is 30.3 Å². The van der Waals surface area contributed by atoms with Crippen molar-refractivity contribution in [2.45, 2.75) is 36.3 Å². The lowest BCUT2D eigenvalue weighted by molar-refractivity contribution is -0.344. The molecule has 260 valence electrons. The highest BCUT2D eigenvalue weighted by Crippen LogP contribution is 2.14. The maximum Gasteiger partial charge on any atom is 0.430 e. The van der Waals surface area contributed by atoms with Gasteiger partial charge < -0.3 is 25.1 Å². The average molecular weight is 707 g/mol. The smallest absolute Gasteiger partial charge is 0.430 e. The lowest BCUT2D eigenvalue weighted by atomic mass is 10.1. The molecule has 3 aromatic rings. The predicted molar refractivity (Wildman–Crippen MR) is 152 cm³/mol. The van der Waals surface area contributed by atoms with Crippen LogP contribution in [0.5, 0.6) is 0 Å². The van der Waals surface area contributed by atoms with E-state index < -0.39 is 46.3 Å². The first-order valence-corrected chi connectivity index (χ1v) is 14.4. The zero-order valence-corrected chi connectivity index (χ0v) is 25.2. The summed E-state index contributed by atoms with van der Waals surface area (Å²) in [5, 5.41) is 31.5. The number of nitrogens with two attached hydrogens (primary N) is 4. The molecule has 0 aliphatic rings. The molecule has 0 aromatic heterocycles. The summed E-state index contributed by atoms with van der Waals surface area (Å²) >= 11 is 0. The van der Waals surface area contributed by atoms with Gasteiger partial charge in [-0.25, -0.2) is 8.42 Å². The molecule has 3 rings (SSSR count). The normalized spacial score (nSPS) is 11.8. The van der Waals surface area contributed by atoms with E-state index in [2.05, 4.69) is 10.0 Å². The molecule has 13 nitrogen and oxygen atoms in total. The van der Waals surface area contributed by atoms with Crippen LogP contribution < -0.4 is 42.5 Å². The van der Waals surface area contributed by atoms with Gasteiger partial charge in [0, 0.05) is 6.54 Å². The molecule has 1 amide bonds. The van der Waals surface area contributed by atoms with E-state index in [0.29, 0.717) is 11.1 Å². The van der Waals surface area contributed by atoms with Gasteiger partial charge in [0.05, 0.1) is 16.0 Å². The molecular formula is C28H28F6N6O7S. The summed E-state index contributed by atoms with van der Waals surface area (Å²) < 4.78 is 91.8. The summed E-state index contributed by atoms with van der Waals surface area (Å²) in [6.07, 6.45) is -10.2. The topological polar surface area (TPSA) is 259 Å². The number of rotatable bonds is 10. The SMILES string of the molecule is NC(=[NH2+])c1ccc(CNC(=O)[C@H](Cc2ccccc2)NS(=O)(=O)c2cccc(C(N)=[NH2+])c2)cc1.O=C([O-])C(F)(F)F.O=C([O-])C(F)(F)F. The summed E-state index contributed by atoms with van der Waals surface area (Å²) in [4.78, 5) is 30.6. The minimum atomic E-state index is -5.19. The van der Waals surface area contributed by atoms with Crippen molar-refractivity contribution in [2.24, 2.45) is 11.5 Å². The van der Waals surface area contributed by atoms with Crippen LogP contribution in [0.15, 0.2) is 83.8 Å². The maximum atomic E-state index is 13.1. The summed E-state index contributed by atoms with van der Waals surface area (Å²) in [7, 11) is -4.04. The molecule has 3 aromatic carbocycles. The second kappa shape index (κ2) is 17.4. The number of amidine groups is 2. The standard InChI is InChI=1S/C24H26N6O3S.2C2HF3O2/c25-22(26)18-11-9-17(10-12-18)15-29-24(31)21(13-16-5-2-1-3-6-16)30-34(32,33)20-8-4-7-19(14-20)23(27)28;2*3-2(4,5)1(6)7/h1-12,14,21,30H,13,15H2,(H3,25,26)(H3,27,28)(H,29,31);2*(H,6,7)/t21-;;/m0../s1. The molecule has 0 aliphatic carbocycles. The van der Waals surface area contributed by atoms with Gasteiger partial charge in [-0.3, -0.25) is 27.1 Å². The first kappa shape index (κ1) is 40.5. The number of sulfonamides is 1. The molecule has 0 bridgehead atoms. The Kier molecular flexibility index (Phi) is 14.7. The fourth-order valence-electron chi connectivity index (χ4n) is 3.26. The largest absolute Gasteiger partial charge is 0.542 e. The van der Waals surface area contributed by atoms with Crippen LogP contribution in [0, 0.1) is 0 Å². The van der Waals surface area contributed by atoms with Gasteiger partial charge in [-0.15, -0.1) is 0 Å². The molecule has 1 atom stereocenters. The number of benzene rings is 3. The monoisotopic (exact) mass is 706 g/mol. The average Bonchev–Trinajstić information content (AvgIpc) is 3.00. The summed E-state index contributed by atoms with van der Waals surface area (Å²) in [5.41, 5.74) is 13.8. The van der Waals surface area contributed by atoms with Crippen molar-refractivity contribution in [2.75, 3.05) is 0 Å². The highest BCUT2D eigenvalue weighted by atomic mass is 32.2. The predicted octanol–water partition coefficient (Wildman–Crippen LogP) is -3.58. The Balaban J connectivity index is 0.000000687. The van der Waals surface area contributed by atoms with Gasteiger partial charge >= 0.3 is 12.4 Å². The van der Waals surface area contributed by atoms with E-state index in [-0.39, 0.29) is 29.5 Å². The minimum Gasteiger partial charge on any atom is -0.542 e. The fraction of sp³-hybridized carbons (Fsp3) is 0.179. The van der Waals surface area contributed by atoms with E-state index >= 15 is 0 Å². The first-order valence-electron chi connectivity index (χ1n) is 12.9. The third-order valence-corrected chi connectivity index (χ3v) is 7.06. The quantitative estimate of drug-likeness (QED) is 0.0691. The van der Waals surface area contributed by atoms with Crippen LogP contribution >= 0.6 is 0 Å². The molecule has 0 spiro atoms. The Morgan fingerprint density at radius 1 is 0.729 bits per heavy atom. The van der Waals surface area contributed by atoms with Gasteiger partial charge in [-0.1, -0.05) is 48.5 Å². The van der Waals surface area contributed by atoms with Crippen molar-refractivity contribution >= 4 is 39.5 Å². The highest BCUT2D eigenvalue weighted by molar-refractivity contribution is 7.89. The molecule has 48 heavy (non-hydrogen) atoms. The fourth-order valence-corrected chi connectivity index (χ4v) is 4.50. The van der Waals surface area contributed by atoms with Crippen LogP contribution in [0.1, 0.15) is 22.3 Å². The highest BCUT2D eigenvalue weighted by Gasteiger charge is 2.29. The van der Waals surface area contributed by atoms with Gasteiger partial charge in [-0.2, -0.15) is 31.1 Å². The second-order valence-electron chi connectivity index (χ2n) is 9.29. The Morgan fingerprint density at radius 2 is 1.21 bits per heavy atom. The summed E-state index contributed by atoms with van der Waals surface area (Å²) in [5.74, 6) is -6.29. The Bertz CT molecular complexity index is 1680. The van der Waals surface area contributed by atoms with Crippen molar-refractivity contribution in [3.8, 4) is 0 Å². The Hall–Kier alpha value is -5.50.